The lowest BCUT2D eigenvalue weighted by atomic mass is 10.2. The van der Waals surface area contributed by atoms with Crippen molar-refractivity contribution in [2.24, 2.45) is 11.5 Å². The Bertz CT molecular complexity index is 1010. The average molecular weight is 365 g/mol. The zero-order valence-electron chi connectivity index (χ0n) is 14.6. The SMILES string of the molecule is CC[C@@H](Nc1cnc(C(N)=O)c(Nc2cnc3cccnc3c2)c1)C(N)=O. The molecule has 9 heteroatoms. The van der Waals surface area contributed by atoms with Crippen LogP contribution >= 0.6 is 0 Å². The zero-order valence-corrected chi connectivity index (χ0v) is 14.6. The van der Waals surface area contributed by atoms with E-state index < -0.39 is 17.9 Å². The molecule has 0 saturated carbocycles. The number of aromatic nitrogens is 3. The quantitative estimate of drug-likeness (QED) is 0.496. The number of nitrogens with one attached hydrogen (secondary N) is 2. The van der Waals surface area contributed by atoms with Crippen LogP contribution in [0.1, 0.15) is 23.8 Å². The summed E-state index contributed by atoms with van der Waals surface area (Å²) in [4.78, 5) is 35.8. The highest BCUT2D eigenvalue weighted by molar-refractivity contribution is 5.98. The Kier molecular flexibility index (Phi) is 5.11. The molecule has 3 aromatic heterocycles. The third-order valence-corrected chi connectivity index (χ3v) is 3.94. The Hall–Kier alpha value is -3.75. The van der Waals surface area contributed by atoms with Crippen LogP contribution in [-0.4, -0.2) is 32.8 Å². The predicted molar refractivity (Wildman–Crippen MR) is 102 cm³/mol. The van der Waals surface area contributed by atoms with E-state index in [1.54, 1.807) is 30.6 Å². The van der Waals surface area contributed by atoms with E-state index in [9.17, 15) is 9.59 Å². The highest BCUT2D eigenvalue weighted by Gasteiger charge is 2.16. The fourth-order valence-electron chi connectivity index (χ4n) is 2.59. The zero-order chi connectivity index (χ0) is 19.4. The van der Waals surface area contributed by atoms with Crippen molar-refractivity contribution >= 4 is 39.9 Å². The number of carbonyl (C=O) groups excluding carboxylic acids is 2. The first kappa shape index (κ1) is 18.1. The molecule has 2 amide bonds. The van der Waals surface area contributed by atoms with Gasteiger partial charge in [-0.1, -0.05) is 6.92 Å². The van der Waals surface area contributed by atoms with Crippen LogP contribution in [0, 0.1) is 0 Å². The Morgan fingerprint density at radius 3 is 2.56 bits per heavy atom. The van der Waals surface area contributed by atoms with Gasteiger partial charge in [0.1, 0.15) is 6.04 Å². The molecule has 0 saturated heterocycles. The molecule has 0 radical (unpaired) electrons. The van der Waals surface area contributed by atoms with Crippen LogP contribution in [0.5, 0.6) is 0 Å². The van der Waals surface area contributed by atoms with E-state index >= 15 is 0 Å². The van der Waals surface area contributed by atoms with E-state index in [1.807, 2.05) is 13.0 Å². The van der Waals surface area contributed by atoms with Crippen LogP contribution in [0.2, 0.25) is 0 Å². The molecule has 0 fully saturated rings. The molecule has 3 aromatic rings. The van der Waals surface area contributed by atoms with Crippen molar-refractivity contribution < 1.29 is 9.59 Å². The lowest BCUT2D eigenvalue weighted by Gasteiger charge is -2.16. The number of nitrogens with two attached hydrogens (primary N) is 2. The van der Waals surface area contributed by atoms with Crippen molar-refractivity contribution in [3.8, 4) is 0 Å². The molecule has 0 spiro atoms. The van der Waals surface area contributed by atoms with E-state index in [1.165, 1.54) is 6.20 Å². The van der Waals surface area contributed by atoms with E-state index in [0.29, 0.717) is 29.0 Å². The molecule has 0 aromatic carbocycles. The van der Waals surface area contributed by atoms with Gasteiger partial charge >= 0.3 is 0 Å². The van der Waals surface area contributed by atoms with Gasteiger partial charge in [0.2, 0.25) is 5.91 Å². The van der Waals surface area contributed by atoms with Crippen molar-refractivity contribution in [1.29, 1.82) is 0 Å². The summed E-state index contributed by atoms with van der Waals surface area (Å²) >= 11 is 0. The number of hydrogen-bond acceptors (Lipinski definition) is 7. The molecule has 3 heterocycles. The maximum Gasteiger partial charge on any atom is 0.269 e. The minimum absolute atomic E-state index is 0.0637. The number of nitrogens with zero attached hydrogens (tertiary/aromatic N) is 3. The highest BCUT2D eigenvalue weighted by Crippen LogP contribution is 2.24. The minimum atomic E-state index is -0.683. The van der Waals surface area contributed by atoms with Gasteiger partial charge in [-0.05, 0) is 30.7 Å². The fourth-order valence-corrected chi connectivity index (χ4v) is 2.59. The summed E-state index contributed by atoms with van der Waals surface area (Å²) in [7, 11) is 0. The Morgan fingerprint density at radius 2 is 1.85 bits per heavy atom. The summed E-state index contributed by atoms with van der Waals surface area (Å²) < 4.78 is 0. The van der Waals surface area contributed by atoms with Crippen LogP contribution in [0.15, 0.2) is 42.9 Å². The van der Waals surface area contributed by atoms with Crippen molar-refractivity contribution in [2.45, 2.75) is 19.4 Å². The Balaban J connectivity index is 1.94. The monoisotopic (exact) mass is 365 g/mol. The molecule has 9 nitrogen and oxygen atoms in total. The van der Waals surface area contributed by atoms with Gasteiger partial charge in [-0.2, -0.15) is 0 Å². The van der Waals surface area contributed by atoms with Crippen LogP contribution in [0.3, 0.4) is 0 Å². The molecule has 0 bridgehead atoms. The lowest BCUT2D eigenvalue weighted by Crippen LogP contribution is -2.34. The third kappa shape index (κ3) is 4.09. The molecule has 0 aliphatic heterocycles. The highest BCUT2D eigenvalue weighted by atomic mass is 16.1. The number of hydrogen-bond donors (Lipinski definition) is 4. The predicted octanol–water partition coefficient (Wildman–Crippen LogP) is 1.54. The lowest BCUT2D eigenvalue weighted by molar-refractivity contribution is -0.118. The molecule has 1 atom stereocenters. The summed E-state index contributed by atoms with van der Waals surface area (Å²) in [6.07, 6.45) is 5.23. The van der Waals surface area contributed by atoms with Gasteiger partial charge in [-0.25, -0.2) is 4.98 Å². The number of primary amides is 2. The van der Waals surface area contributed by atoms with Gasteiger partial charge in [0.15, 0.2) is 5.69 Å². The first-order valence-corrected chi connectivity index (χ1v) is 8.31. The van der Waals surface area contributed by atoms with Crippen molar-refractivity contribution in [1.82, 2.24) is 15.0 Å². The van der Waals surface area contributed by atoms with Gasteiger partial charge in [0, 0.05) is 6.20 Å². The second-order valence-electron chi connectivity index (χ2n) is 5.88. The summed E-state index contributed by atoms with van der Waals surface area (Å²) in [5, 5.41) is 6.08. The number of amides is 2. The first-order chi connectivity index (χ1) is 13.0. The molecule has 0 aliphatic carbocycles. The standard InChI is InChI=1S/C18H19N7O2/c1-2-12(17(19)26)24-11-7-15(16(18(20)27)23-9-11)25-10-6-14-13(22-8-10)4-3-5-21-14/h3-9,12,24-25H,2H2,1H3,(H2,19,26)(H2,20,27)/t12-/m1/s1. The van der Waals surface area contributed by atoms with E-state index in [-0.39, 0.29) is 5.69 Å². The largest absolute Gasteiger partial charge is 0.372 e. The summed E-state index contributed by atoms with van der Waals surface area (Å²) in [6, 6.07) is 6.54. The number of rotatable bonds is 7. The second kappa shape index (κ2) is 7.65. The van der Waals surface area contributed by atoms with Crippen LogP contribution in [0.4, 0.5) is 17.1 Å². The number of fused-ring (bicyclic) bond motifs is 1. The Morgan fingerprint density at radius 1 is 1.07 bits per heavy atom. The van der Waals surface area contributed by atoms with Gasteiger partial charge in [-0.3, -0.25) is 19.6 Å². The fraction of sp³-hybridized carbons (Fsp3) is 0.167. The van der Waals surface area contributed by atoms with Crippen molar-refractivity contribution in [3.63, 3.8) is 0 Å². The van der Waals surface area contributed by atoms with Gasteiger partial charge in [-0.15, -0.1) is 0 Å². The van der Waals surface area contributed by atoms with Crippen LogP contribution < -0.4 is 22.1 Å². The van der Waals surface area contributed by atoms with E-state index in [0.717, 1.165) is 5.52 Å². The third-order valence-electron chi connectivity index (χ3n) is 3.94. The van der Waals surface area contributed by atoms with E-state index in [4.69, 9.17) is 11.5 Å². The van der Waals surface area contributed by atoms with Crippen LogP contribution in [-0.2, 0) is 4.79 Å². The number of carbonyl (C=O) groups is 2. The van der Waals surface area contributed by atoms with Gasteiger partial charge in [0.25, 0.3) is 5.91 Å². The maximum atomic E-state index is 11.7. The average Bonchev–Trinajstić information content (AvgIpc) is 2.65. The molecule has 6 N–H and O–H groups in total. The second-order valence-corrected chi connectivity index (χ2v) is 5.88. The summed E-state index contributed by atoms with van der Waals surface area (Å²) in [5.41, 5.74) is 13.8. The molecular weight excluding hydrogens is 346 g/mol. The summed E-state index contributed by atoms with van der Waals surface area (Å²) in [6.45, 7) is 1.83. The van der Waals surface area contributed by atoms with E-state index in [2.05, 4.69) is 25.6 Å². The molecule has 0 aliphatic rings. The normalized spacial score (nSPS) is 11.7. The molecule has 138 valence electrons. The molecule has 27 heavy (non-hydrogen) atoms. The smallest absolute Gasteiger partial charge is 0.269 e. The number of anilines is 3. The number of pyridine rings is 3. The molecule has 3 rings (SSSR count). The maximum absolute atomic E-state index is 11.7. The molecule has 0 unspecified atom stereocenters. The van der Waals surface area contributed by atoms with Crippen LogP contribution in [0.25, 0.3) is 11.0 Å². The van der Waals surface area contributed by atoms with Crippen molar-refractivity contribution in [2.75, 3.05) is 10.6 Å². The summed E-state index contributed by atoms with van der Waals surface area (Å²) in [5.74, 6) is -1.16. The van der Waals surface area contributed by atoms with Gasteiger partial charge in [0.05, 0.1) is 40.5 Å². The first-order valence-electron chi connectivity index (χ1n) is 8.31. The molecular formula is C18H19N7O2. The van der Waals surface area contributed by atoms with Gasteiger partial charge < -0.3 is 22.1 Å². The van der Waals surface area contributed by atoms with Crippen molar-refractivity contribution in [3.05, 3.63) is 48.5 Å². The Labute approximate surface area is 155 Å². The minimum Gasteiger partial charge on any atom is -0.372 e. The topological polar surface area (TPSA) is 149 Å².